The molecule has 0 radical (unpaired) electrons. The summed E-state index contributed by atoms with van der Waals surface area (Å²) < 4.78 is 0. The van der Waals surface area contributed by atoms with Crippen LogP contribution in [0.4, 0.5) is 0 Å². The molecule has 2 aliphatic rings. The van der Waals surface area contributed by atoms with Crippen LogP contribution in [-0.2, 0) is 6.54 Å². The first-order valence-corrected chi connectivity index (χ1v) is 8.48. The van der Waals surface area contributed by atoms with Crippen molar-refractivity contribution in [1.29, 1.82) is 0 Å². The van der Waals surface area contributed by atoms with Crippen LogP contribution >= 0.6 is 11.8 Å². The average Bonchev–Trinajstić information content (AvgIpc) is 2.41. The molecule has 3 rings (SSSR count). The van der Waals surface area contributed by atoms with Gasteiger partial charge in [0.15, 0.2) is 5.16 Å². The molecule has 1 aromatic heterocycles. The molecule has 2 fully saturated rings. The van der Waals surface area contributed by atoms with Crippen molar-refractivity contribution < 1.29 is 0 Å². The molecule has 2 heterocycles. The third-order valence-electron chi connectivity index (χ3n) is 4.29. The highest BCUT2D eigenvalue weighted by Gasteiger charge is 2.30. The fourth-order valence-corrected chi connectivity index (χ4v) is 4.07. The van der Waals surface area contributed by atoms with Crippen molar-refractivity contribution in [2.45, 2.75) is 44.3 Å². The van der Waals surface area contributed by atoms with Crippen LogP contribution in [0.5, 0.6) is 0 Å². The lowest BCUT2D eigenvalue weighted by molar-refractivity contribution is 0.0806. The molecule has 19 heavy (non-hydrogen) atoms. The molecule has 104 valence electrons. The van der Waals surface area contributed by atoms with Crippen molar-refractivity contribution >= 4 is 11.8 Å². The van der Waals surface area contributed by atoms with E-state index in [0.717, 1.165) is 29.3 Å². The molecular weight excluding hydrogens is 254 g/mol. The van der Waals surface area contributed by atoms with Crippen molar-refractivity contribution in [2.24, 2.45) is 11.8 Å². The van der Waals surface area contributed by atoms with Gasteiger partial charge in [0, 0.05) is 37.6 Å². The Morgan fingerprint density at radius 1 is 1.21 bits per heavy atom. The van der Waals surface area contributed by atoms with E-state index in [4.69, 9.17) is 0 Å². The highest BCUT2D eigenvalue weighted by Crippen LogP contribution is 2.34. The summed E-state index contributed by atoms with van der Waals surface area (Å²) in [6, 6.07) is 0. The topological polar surface area (TPSA) is 29.0 Å². The summed E-state index contributed by atoms with van der Waals surface area (Å²) >= 11 is 1.71. The first-order chi connectivity index (χ1) is 9.33. The van der Waals surface area contributed by atoms with E-state index in [1.165, 1.54) is 44.3 Å². The predicted molar refractivity (Wildman–Crippen MR) is 79.2 cm³/mol. The molecule has 0 aromatic carbocycles. The Kier molecular flexibility index (Phi) is 4.38. The van der Waals surface area contributed by atoms with Gasteiger partial charge < -0.3 is 0 Å². The zero-order chi connectivity index (χ0) is 13.1. The number of rotatable bonds is 4. The standard InChI is InChI=1S/C15H23N3S/c1-2-19-15-16-7-14(8-17-15)11-18-9-12-4-3-5-13(6-12)10-18/h7-8,12-13H,2-6,9-11H2,1H3/t12-,13-/m1/s1. The molecule has 0 unspecified atom stereocenters. The van der Waals surface area contributed by atoms with Crippen LogP contribution in [0.15, 0.2) is 17.6 Å². The molecular formula is C15H23N3S. The van der Waals surface area contributed by atoms with E-state index in [1.807, 2.05) is 12.4 Å². The van der Waals surface area contributed by atoms with Crippen LogP contribution in [0.2, 0.25) is 0 Å². The van der Waals surface area contributed by atoms with Gasteiger partial charge in [-0.2, -0.15) is 0 Å². The Balaban J connectivity index is 1.58. The number of thioether (sulfide) groups is 1. The van der Waals surface area contributed by atoms with Crippen molar-refractivity contribution in [3.8, 4) is 0 Å². The molecule has 3 nitrogen and oxygen atoms in total. The van der Waals surface area contributed by atoms with Crippen LogP contribution in [0.25, 0.3) is 0 Å². The second kappa shape index (κ2) is 6.23. The molecule has 1 aliphatic heterocycles. The maximum Gasteiger partial charge on any atom is 0.187 e. The Bertz CT molecular complexity index is 394. The monoisotopic (exact) mass is 277 g/mol. The van der Waals surface area contributed by atoms with Crippen molar-refractivity contribution in [3.63, 3.8) is 0 Å². The SMILES string of the molecule is CCSc1ncc(CN2C[C@@H]3CCC[C@H](C3)C2)cn1. The lowest BCUT2D eigenvalue weighted by Gasteiger charge is -2.41. The van der Waals surface area contributed by atoms with Crippen LogP contribution in [-0.4, -0.2) is 33.7 Å². The van der Waals surface area contributed by atoms with Gasteiger partial charge in [-0.05, 0) is 36.9 Å². The number of aromatic nitrogens is 2. The molecule has 0 spiro atoms. The van der Waals surface area contributed by atoms with E-state index in [1.54, 1.807) is 11.8 Å². The molecule has 1 saturated heterocycles. The zero-order valence-corrected chi connectivity index (χ0v) is 12.5. The van der Waals surface area contributed by atoms with Gasteiger partial charge in [-0.1, -0.05) is 25.1 Å². The Morgan fingerprint density at radius 3 is 2.53 bits per heavy atom. The third-order valence-corrected chi connectivity index (χ3v) is 5.04. The number of piperidine rings is 1. The third kappa shape index (κ3) is 3.48. The zero-order valence-electron chi connectivity index (χ0n) is 11.7. The lowest BCUT2D eigenvalue weighted by atomic mass is 9.78. The second-order valence-corrected chi connectivity index (χ2v) is 7.13. The number of fused-ring (bicyclic) bond motifs is 2. The minimum absolute atomic E-state index is 0.904. The van der Waals surface area contributed by atoms with E-state index in [-0.39, 0.29) is 0 Å². The summed E-state index contributed by atoms with van der Waals surface area (Å²) in [5.74, 6) is 2.93. The van der Waals surface area contributed by atoms with Crippen molar-refractivity contribution in [2.75, 3.05) is 18.8 Å². The summed E-state index contributed by atoms with van der Waals surface area (Å²) in [7, 11) is 0. The van der Waals surface area contributed by atoms with Gasteiger partial charge in [0.25, 0.3) is 0 Å². The first-order valence-electron chi connectivity index (χ1n) is 7.49. The highest BCUT2D eigenvalue weighted by atomic mass is 32.2. The Hall–Kier alpha value is -0.610. The smallest absolute Gasteiger partial charge is 0.187 e. The molecule has 4 heteroatoms. The quantitative estimate of drug-likeness (QED) is 0.624. The second-order valence-electron chi connectivity index (χ2n) is 5.90. The largest absolute Gasteiger partial charge is 0.298 e. The van der Waals surface area contributed by atoms with Gasteiger partial charge >= 0.3 is 0 Å². The number of nitrogens with zero attached hydrogens (tertiary/aromatic N) is 3. The van der Waals surface area contributed by atoms with E-state index < -0.39 is 0 Å². The number of hydrogen-bond donors (Lipinski definition) is 0. The van der Waals surface area contributed by atoms with E-state index in [9.17, 15) is 0 Å². The maximum absolute atomic E-state index is 4.43. The lowest BCUT2D eigenvalue weighted by Crippen LogP contribution is -2.42. The van der Waals surface area contributed by atoms with E-state index in [0.29, 0.717) is 0 Å². The maximum atomic E-state index is 4.43. The van der Waals surface area contributed by atoms with Crippen molar-refractivity contribution in [3.05, 3.63) is 18.0 Å². The van der Waals surface area contributed by atoms with Gasteiger partial charge in [-0.3, -0.25) is 4.90 Å². The molecule has 2 atom stereocenters. The van der Waals surface area contributed by atoms with Crippen LogP contribution < -0.4 is 0 Å². The van der Waals surface area contributed by atoms with Gasteiger partial charge in [0.1, 0.15) is 0 Å². The van der Waals surface area contributed by atoms with Gasteiger partial charge in [0.05, 0.1) is 0 Å². The molecule has 0 N–H and O–H groups in total. The Labute approximate surface area is 120 Å². The fourth-order valence-electron chi connectivity index (χ4n) is 3.55. The summed E-state index contributed by atoms with van der Waals surface area (Å²) in [5.41, 5.74) is 1.26. The minimum atomic E-state index is 0.904. The van der Waals surface area contributed by atoms with E-state index >= 15 is 0 Å². The minimum Gasteiger partial charge on any atom is -0.298 e. The molecule has 1 aliphatic carbocycles. The number of likely N-dealkylation sites (tertiary alicyclic amines) is 1. The summed E-state index contributed by atoms with van der Waals surface area (Å²) in [6.07, 6.45) is 9.82. The molecule has 2 bridgehead atoms. The predicted octanol–water partition coefficient (Wildman–Crippen LogP) is 3.21. The molecule has 1 saturated carbocycles. The summed E-state index contributed by atoms with van der Waals surface area (Å²) in [4.78, 5) is 11.5. The van der Waals surface area contributed by atoms with Gasteiger partial charge in [0.2, 0.25) is 0 Å². The van der Waals surface area contributed by atoms with E-state index in [2.05, 4.69) is 21.8 Å². The average molecular weight is 277 g/mol. The number of hydrogen-bond acceptors (Lipinski definition) is 4. The first kappa shape index (κ1) is 13.4. The summed E-state index contributed by atoms with van der Waals surface area (Å²) in [5, 5.41) is 0.904. The highest BCUT2D eigenvalue weighted by molar-refractivity contribution is 7.99. The van der Waals surface area contributed by atoms with Gasteiger partial charge in [-0.15, -0.1) is 0 Å². The van der Waals surface area contributed by atoms with Crippen LogP contribution in [0.1, 0.15) is 38.2 Å². The molecule has 1 aromatic rings. The van der Waals surface area contributed by atoms with Gasteiger partial charge in [-0.25, -0.2) is 9.97 Å². The van der Waals surface area contributed by atoms with Crippen LogP contribution in [0.3, 0.4) is 0 Å². The summed E-state index contributed by atoms with van der Waals surface area (Å²) in [6.45, 7) is 5.72. The Morgan fingerprint density at radius 2 is 1.89 bits per heavy atom. The molecule has 0 amide bonds. The normalized spacial score (nSPS) is 27.4. The van der Waals surface area contributed by atoms with Crippen molar-refractivity contribution in [1.82, 2.24) is 14.9 Å². The van der Waals surface area contributed by atoms with Crippen LogP contribution in [0, 0.1) is 11.8 Å². The fraction of sp³-hybridized carbons (Fsp3) is 0.733.